The van der Waals surface area contributed by atoms with E-state index in [0.29, 0.717) is 53.5 Å². The number of hydrogen-bond acceptors (Lipinski definition) is 3. The second-order valence-electron chi connectivity index (χ2n) is 20.5. The van der Waals surface area contributed by atoms with Crippen molar-refractivity contribution in [2.75, 3.05) is 0 Å². The summed E-state index contributed by atoms with van der Waals surface area (Å²) < 4.78 is 23.3. The molecule has 8 fully saturated rings. The first-order valence-electron chi connectivity index (χ1n) is 22.2. The predicted molar refractivity (Wildman–Crippen MR) is 196 cm³/mol. The third-order valence-electron chi connectivity index (χ3n) is 17.2. The van der Waals surface area contributed by atoms with Gasteiger partial charge in [-0.2, -0.15) is 0 Å². The second kappa shape index (κ2) is 13.7. The normalized spacial score (nSPS) is 50.1. The fraction of sp³-hybridized carbons (Fsp3) is 1.00. The molecular formula is C45H76O3. The zero-order chi connectivity index (χ0) is 33.4. The first-order chi connectivity index (χ1) is 23.2. The van der Waals surface area contributed by atoms with Gasteiger partial charge in [-0.15, -0.1) is 0 Å². The van der Waals surface area contributed by atoms with Gasteiger partial charge in [-0.05, 0) is 115 Å². The average molecular weight is 665 g/mol. The summed E-state index contributed by atoms with van der Waals surface area (Å²) in [5.74, 6) is 9.59. The summed E-state index contributed by atoms with van der Waals surface area (Å²) in [7, 11) is 0. The van der Waals surface area contributed by atoms with Gasteiger partial charge in [0.1, 0.15) is 0 Å². The van der Waals surface area contributed by atoms with Crippen LogP contribution < -0.4 is 0 Å². The fourth-order valence-electron chi connectivity index (χ4n) is 15.4. The van der Waals surface area contributed by atoms with Crippen LogP contribution in [-0.2, 0) is 14.2 Å². The van der Waals surface area contributed by atoms with Crippen molar-refractivity contribution in [2.24, 2.45) is 82.3 Å². The molecule has 6 saturated carbocycles. The standard InChI is InChI=1S/C45H76O3/c1-8-27(9-2)38-25-39(28(10-3)11-4)48-45(47-38)35-20-21-37-42(40(35)34-23-29-16-12-13-17-30(29)24-36(34)45)41-33-19-15-14-18-31(33)22-32(43(41)46-37)26-44(5,6)7/h27-43H,8-26H2,1-7H3. The van der Waals surface area contributed by atoms with Crippen molar-refractivity contribution < 1.29 is 14.2 Å². The lowest BCUT2D eigenvalue weighted by Gasteiger charge is -2.54. The molecule has 15 unspecified atom stereocenters. The van der Waals surface area contributed by atoms with Crippen LogP contribution in [0, 0.1) is 82.3 Å². The minimum atomic E-state index is -0.356. The summed E-state index contributed by atoms with van der Waals surface area (Å²) in [6.45, 7) is 17.2. The zero-order valence-electron chi connectivity index (χ0n) is 32.5. The van der Waals surface area contributed by atoms with E-state index in [1.165, 1.54) is 116 Å². The van der Waals surface area contributed by atoms with Crippen LogP contribution in [0.1, 0.15) is 170 Å². The molecule has 2 heterocycles. The highest BCUT2D eigenvalue weighted by Gasteiger charge is 2.72. The second-order valence-corrected chi connectivity index (χ2v) is 20.5. The summed E-state index contributed by atoms with van der Waals surface area (Å²) in [5, 5.41) is 0. The summed E-state index contributed by atoms with van der Waals surface area (Å²) in [6.07, 6.45) is 27.7. The first-order valence-corrected chi connectivity index (χ1v) is 22.2. The van der Waals surface area contributed by atoms with Crippen molar-refractivity contribution in [3.05, 3.63) is 0 Å². The molecule has 3 nitrogen and oxygen atoms in total. The Morgan fingerprint density at radius 3 is 1.81 bits per heavy atom. The van der Waals surface area contributed by atoms with Crippen LogP contribution in [0.5, 0.6) is 0 Å². The van der Waals surface area contributed by atoms with Gasteiger partial charge in [0.25, 0.3) is 0 Å². The quantitative estimate of drug-likeness (QED) is 0.271. The lowest BCUT2D eigenvalue weighted by Crippen LogP contribution is -2.59. The summed E-state index contributed by atoms with van der Waals surface area (Å²) in [6, 6.07) is 0. The Morgan fingerprint density at radius 2 is 1.19 bits per heavy atom. The molecule has 2 aliphatic heterocycles. The Morgan fingerprint density at radius 1 is 0.583 bits per heavy atom. The lowest BCUT2D eigenvalue weighted by molar-refractivity contribution is -0.372. The Balaban J connectivity index is 1.21. The minimum absolute atomic E-state index is 0.356. The van der Waals surface area contributed by atoms with E-state index in [0.717, 1.165) is 59.7 Å². The monoisotopic (exact) mass is 665 g/mol. The van der Waals surface area contributed by atoms with E-state index in [4.69, 9.17) is 14.2 Å². The van der Waals surface area contributed by atoms with E-state index in [1.807, 2.05) is 0 Å². The first kappa shape index (κ1) is 34.9. The smallest absolute Gasteiger partial charge is 0.175 e. The van der Waals surface area contributed by atoms with Crippen LogP contribution in [-0.4, -0.2) is 30.2 Å². The number of ether oxygens (including phenoxy) is 3. The average Bonchev–Trinajstić information content (AvgIpc) is 3.58. The molecule has 48 heavy (non-hydrogen) atoms. The van der Waals surface area contributed by atoms with E-state index in [-0.39, 0.29) is 5.79 Å². The fourth-order valence-corrected chi connectivity index (χ4v) is 15.4. The van der Waals surface area contributed by atoms with Gasteiger partial charge in [-0.1, -0.05) is 119 Å². The van der Waals surface area contributed by atoms with Gasteiger partial charge < -0.3 is 14.2 Å². The van der Waals surface area contributed by atoms with Crippen LogP contribution in [0.25, 0.3) is 0 Å². The summed E-state index contributed by atoms with van der Waals surface area (Å²) >= 11 is 0. The predicted octanol–water partition coefficient (Wildman–Crippen LogP) is 11.9. The van der Waals surface area contributed by atoms with E-state index < -0.39 is 0 Å². The molecule has 3 heteroatoms. The molecule has 15 atom stereocenters. The molecule has 0 amide bonds. The van der Waals surface area contributed by atoms with Gasteiger partial charge in [-0.3, -0.25) is 0 Å². The maximum Gasteiger partial charge on any atom is 0.175 e. The van der Waals surface area contributed by atoms with Gasteiger partial charge in [0.15, 0.2) is 5.79 Å². The van der Waals surface area contributed by atoms with Crippen LogP contribution in [0.4, 0.5) is 0 Å². The molecule has 8 rings (SSSR count). The number of fused-ring (bicyclic) bond motifs is 12. The van der Waals surface area contributed by atoms with E-state index in [1.54, 1.807) is 0 Å². The number of hydrogen-bond donors (Lipinski definition) is 0. The third-order valence-corrected chi connectivity index (χ3v) is 17.2. The maximum atomic E-state index is 7.88. The SMILES string of the molecule is CCC(CC)C1CC(C(CC)CC)OC2(O1)C1CC3CCCCC3CC1C1C3C(CCC12)OC1C(CC(C)(C)C)CC2CCCCC2C13. The summed E-state index contributed by atoms with van der Waals surface area (Å²) in [5.41, 5.74) is 0.371. The molecule has 6 aliphatic carbocycles. The third kappa shape index (κ3) is 5.83. The van der Waals surface area contributed by atoms with Crippen molar-refractivity contribution in [3.63, 3.8) is 0 Å². The van der Waals surface area contributed by atoms with Crippen LogP contribution in [0.3, 0.4) is 0 Å². The highest BCUT2D eigenvalue weighted by Crippen LogP contribution is 2.71. The Kier molecular flexibility index (Phi) is 9.97. The van der Waals surface area contributed by atoms with Crippen molar-refractivity contribution in [1.82, 2.24) is 0 Å². The molecule has 2 saturated heterocycles. The van der Waals surface area contributed by atoms with Gasteiger partial charge in [0.05, 0.1) is 24.4 Å². The summed E-state index contributed by atoms with van der Waals surface area (Å²) in [4.78, 5) is 0. The molecule has 1 spiro atoms. The van der Waals surface area contributed by atoms with E-state index in [9.17, 15) is 0 Å². The van der Waals surface area contributed by atoms with Gasteiger partial charge in [-0.25, -0.2) is 0 Å². The van der Waals surface area contributed by atoms with Gasteiger partial charge in [0.2, 0.25) is 0 Å². The molecule has 0 radical (unpaired) electrons. The maximum absolute atomic E-state index is 7.88. The van der Waals surface area contributed by atoms with Gasteiger partial charge in [0, 0.05) is 18.3 Å². The molecule has 0 N–H and O–H groups in total. The Labute approximate surface area is 296 Å². The molecule has 0 aromatic rings. The Hall–Kier alpha value is -0.120. The molecule has 8 aliphatic rings. The lowest BCUT2D eigenvalue weighted by atomic mass is 9.52. The Bertz CT molecular complexity index is 1070. The highest BCUT2D eigenvalue weighted by molar-refractivity contribution is 5.17. The molecule has 0 aromatic carbocycles. The minimum Gasteiger partial charge on any atom is -0.374 e. The van der Waals surface area contributed by atoms with Crippen LogP contribution in [0.15, 0.2) is 0 Å². The van der Waals surface area contributed by atoms with Crippen molar-refractivity contribution in [2.45, 2.75) is 201 Å². The zero-order valence-corrected chi connectivity index (χ0v) is 32.5. The van der Waals surface area contributed by atoms with Crippen LogP contribution >= 0.6 is 0 Å². The highest BCUT2D eigenvalue weighted by atomic mass is 16.7. The molecular weight excluding hydrogens is 588 g/mol. The van der Waals surface area contributed by atoms with Crippen molar-refractivity contribution >= 4 is 0 Å². The molecule has 0 bridgehead atoms. The molecule has 274 valence electrons. The van der Waals surface area contributed by atoms with Crippen molar-refractivity contribution in [1.29, 1.82) is 0 Å². The topological polar surface area (TPSA) is 27.7 Å². The van der Waals surface area contributed by atoms with E-state index >= 15 is 0 Å². The molecule has 0 aromatic heterocycles. The van der Waals surface area contributed by atoms with Crippen molar-refractivity contribution in [3.8, 4) is 0 Å². The number of rotatable bonds is 7. The van der Waals surface area contributed by atoms with Crippen LogP contribution in [0.2, 0.25) is 0 Å². The van der Waals surface area contributed by atoms with E-state index in [2.05, 4.69) is 48.5 Å². The van der Waals surface area contributed by atoms with Gasteiger partial charge >= 0.3 is 0 Å². The largest absolute Gasteiger partial charge is 0.374 e.